The van der Waals surface area contributed by atoms with E-state index in [4.69, 9.17) is 15.1 Å². The summed E-state index contributed by atoms with van der Waals surface area (Å²) >= 11 is 1.53. The molecule has 5 aromatic rings. The van der Waals surface area contributed by atoms with Crippen LogP contribution in [0.4, 0.5) is 4.39 Å². The first kappa shape index (κ1) is 17.8. The highest BCUT2D eigenvalue weighted by Crippen LogP contribution is 2.26. The molecule has 2 aromatic heterocycles. The van der Waals surface area contributed by atoms with Crippen LogP contribution in [0.3, 0.4) is 0 Å². The summed E-state index contributed by atoms with van der Waals surface area (Å²) in [5.41, 5.74) is 3.74. The number of benzene rings is 3. The van der Waals surface area contributed by atoms with Crippen molar-refractivity contribution in [2.45, 2.75) is 17.3 Å². The van der Waals surface area contributed by atoms with Crippen molar-refractivity contribution < 1.29 is 4.39 Å². The maximum Gasteiger partial charge on any atom is 0.191 e. The maximum absolute atomic E-state index is 13.5. The van der Waals surface area contributed by atoms with Gasteiger partial charge in [0.15, 0.2) is 16.6 Å². The third kappa shape index (κ3) is 3.71. The Morgan fingerprint density at radius 3 is 2.48 bits per heavy atom. The lowest BCUT2D eigenvalue weighted by Crippen LogP contribution is -1.99. The molecule has 0 radical (unpaired) electrons. The third-order valence-electron chi connectivity index (χ3n) is 4.66. The van der Waals surface area contributed by atoms with Gasteiger partial charge in [-0.15, -0.1) is 5.10 Å². The Labute approximate surface area is 171 Å². The molecule has 5 rings (SSSR count). The second-order valence-electron chi connectivity index (χ2n) is 6.76. The highest BCUT2D eigenvalue weighted by molar-refractivity contribution is 7.98. The number of fused-ring (bicyclic) bond motifs is 3. The van der Waals surface area contributed by atoms with E-state index in [1.165, 1.54) is 17.8 Å². The fourth-order valence-corrected chi connectivity index (χ4v) is 4.18. The lowest BCUT2D eigenvalue weighted by atomic mass is 10.1. The van der Waals surface area contributed by atoms with E-state index in [2.05, 4.69) is 12.1 Å². The van der Waals surface area contributed by atoms with Crippen LogP contribution in [0.1, 0.15) is 17.0 Å². The molecule has 142 valence electrons. The molecule has 0 saturated carbocycles. The van der Waals surface area contributed by atoms with Gasteiger partial charge in [0.1, 0.15) is 5.82 Å². The monoisotopic (exact) mass is 400 g/mol. The van der Waals surface area contributed by atoms with Gasteiger partial charge >= 0.3 is 0 Å². The molecule has 0 amide bonds. The van der Waals surface area contributed by atoms with Crippen LogP contribution in [0, 0.1) is 5.82 Å². The Kier molecular flexibility index (Phi) is 4.69. The molecule has 4 nitrogen and oxygen atoms in total. The van der Waals surface area contributed by atoms with Crippen LogP contribution in [0.15, 0.2) is 84.0 Å². The number of aromatic nitrogens is 4. The third-order valence-corrected chi connectivity index (χ3v) is 5.66. The van der Waals surface area contributed by atoms with E-state index in [9.17, 15) is 4.39 Å². The van der Waals surface area contributed by atoms with Crippen LogP contribution in [0.2, 0.25) is 0 Å². The summed E-state index contributed by atoms with van der Waals surface area (Å²) in [6.07, 6.45) is 0.658. The van der Waals surface area contributed by atoms with E-state index < -0.39 is 0 Å². The van der Waals surface area contributed by atoms with Gasteiger partial charge in [0.2, 0.25) is 0 Å². The summed E-state index contributed by atoms with van der Waals surface area (Å²) < 4.78 is 15.3. The van der Waals surface area contributed by atoms with Gasteiger partial charge in [0.05, 0.1) is 5.52 Å². The normalized spacial score (nSPS) is 11.3. The molecule has 0 saturated heterocycles. The summed E-state index contributed by atoms with van der Waals surface area (Å²) in [7, 11) is 0. The van der Waals surface area contributed by atoms with Crippen molar-refractivity contribution in [1.82, 2.24) is 19.6 Å². The minimum absolute atomic E-state index is 0.231. The number of hydrogen-bond acceptors (Lipinski definition) is 4. The van der Waals surface area contributed by atoms with Gasteiger partial charge in [-0.25, -0.2) is 14.4 Å². The molecule has 29 heavy (non-hydrogen) atoms. The van der Waals surface area contributed by atoms with Crippen molar-refractivity contribution in [2.75, 3.05) is 0 Å². The van der Waals surface area contributed by atoms with E-state index >= 15 is 0 Å². The highest BCUT2D eigenvalue weighted by atomic mass is 32.2. The fourth-order valence-electron chi connectivity index (χ4n) is 3.29. The second kappa shape index (κ2) is 7.64. The quantitative estimate of drug-likeness (QED) is 0.297. The van der Waals surface area contributed by atoms with Crippen LogP contribution < -0.4 is 0 Å². The van der Waals surface area contributed by atoms with Crippen molar-refractivity contribution in [3.8, 4) is 0 Å². The molecule has 0 aliphatic rings. The zero-order chi connectivity index (χ0) is 19.6. The Hall–Kier alpha value is -3.25. The van der Waals surface area contributed by atoms with Crippen molar-refractivity contribution >= 4 is 28.3 Å². The van der Waals surface area contributed by atoms with Gasteiger partial charge in [-0.05, 0) is 35.4 Å². The topological polar surface area (TPSA) is 43.1 Å². The van der Waals surface area contributed by atoms with Gasteiger partial charge < -0.3 is 0 Å². The van der Waals surface area contributed by atoms with Gasteiger partial charge in [0, 0.05) is 17.6 Å². The molecule has 0 atom stereocenters. The molecule has 3 aromatic carbocycles. The summed E-state index contributed by atoms with van der Waals surface area (Å²) in [6.45, 7) is 0. The van der Waals surface area contributed by atoms with Crippen molar-refractivity contribution in [3.63, 3.8) is 0 Å². The maximum atomic E-state index is 13.5. The van der Waals surface area contributed by atoms with E-state index in [1.54, 1.807) is 12.1 Å². The molecular weight excluding hydrogens is 383 g/mol. The number of rotatable bonds is 5. The molecular formula is C23H17FN4S. The van der Waals surface area contributed by atoms with Crippen LogP contribution in [0.25, 0.3) is 16.6 Å². The molecule has 0 N–H and O–H groups in total. The van der Waals surface area contributed by atoms with Crippen LogP contribution in [0.5, 0.6) is 0 Å². The largest absolute Gasteiger partial charge is 0.222 e. The molecule has 0 fully saturated rings. The van der Waals surface area contributed by atoms with Crippen LogP contribution >= 0.6 is 11.8 Å². The molecule has 0 bridgehead atoms. The first-order chi connectivity index (χ1) is 14.3. The van der Waals surface area contributed by atoms with Gasteiger partial charge in [-0.2, -0.15) is 4.52 Å². The van der Waals surface area contributed by atoms with Crippen LogP contribution in [-0.2, 0) is 12.2 Å². The Morgan fingerprint density at radius 2 is 1.62 bits per heavy atom. The summed E-state index contributed by atoms with van der Waals surface area (Å²) in [5, 5.41) is 6.45. The lowest BCUT2D eigenvalue weighted by Gasteiger charge is -2.06. The van der Waals surface area contributed by atoms with Gasteiger partial charge in [-0.3, -0.25) is 0 Å². The smallest absolute Gasteiger partial charge is 0.191 e. The summed E-state index contributed by atoms with van der Waals surface area (Å²) in [4.78, 5) is 9.60. The molecule has 2 heterocycles. The molecule has 0 aliphatic heterocycles. The summed E-state index contributed by atoms with van der Waals surface area (Å²) in [5.74, 6) is 1.12. The first-order valence-corrected chi connectivity index (χ1v) is 10.3. The highest BCUT2D eigenvalue weighted by Gasteiger charge is 2.14. The van der Waals surface area contributed by atoms with Crippen LogP contribution in [-0.4, -0.2) is 19.6 Å². The van der Waals surface area contributed by atoms with E-state index in [0.29, 0.717) is 12.2 Å². The Morgan fingerprint density at radius 1 is 0.828 bits per heavy atom. The number of thioether (sulfide) groups is 1. The van der Waals surface area contributed by atoms with Crippen molar-refractivity contribution in [3.05, 3.63) is 102 Å². The average Bonchev–Trinajstić information content (AvgIpc) is 3.17. The van der Waals surface area contributed by atoms with Gasteiger partial charge in [0.25, 0.3) is 0 Å². The van der Waals surface area contributed by atoms with E-state index in [0.717, 1.165) is 38.7 Å². The number of hydrogen-bond donors (Lipinski definition) is 0. The Balaban J connectivity index is 1.56. The number of para-hydroxylation sites is 1. The van der Waals surface area contributed by atoms with E-state index in [-0.39, 0.29) is 5.82 Å². The standard InChI is InChI=1S/C23H17FN4S/c24-18-10-6-9-17(13-18)15-29-23-25-20-12-5-4-11-19(20)22-26-21(27-28(22)23)14-16-7-2-1-3-8-16/h1-13H,14-15H2. The zero-order valence-electron chi connectivity index (χ0n) is 15.5. The van der Waals surface area contributed by atoms with Gasteiger partial charge in [-0.1, -0.05) is 66.4 Å². The zero-order valence-corrected chi connectivity index (χ0v) is 16.3. The molecule has 6 heteroatoms. The second-order valence-corrected chi connectivity index (χ2v) is 7.70. The van der Waals surface area contributed by atoms with Crippen molar-refractivity contribution in [2.24, 2.45) is 0 Å². The Bertz CT molecular complexity index is 1300. The fraction of sp³-hybridized carbons (Fsp3) is 0.0870. The lowest BCUT2D eigenvalue weighted by molar-refractivity contribution is 0.626. The molecule has 0 spiro atoms. The van der Waals surface area contributed by atoms with E-state index in [1.807, 2.05) is 53.0 Å². The predicted octanol–water partition coefficient (Wildman–Crippen LogP) is 5.30. The minimum Gasteiger partial charge on any atom is -0.222 e. The average molecular weight is 400 g/mol. The number of nitrogens with zero attached hydrogens (tertiary/aromatic N) is 4. The SMILES string of the molecule is Fc1cccc(CSc2nc3ccccc3c3nc(Cc4ccccc4)nn23)c1. The number of halogens is 1. The minimum atomic E-state index is -0.231. The molecule has 0 unspecified atom stereocenters. The predicted molar refractivity (Wildman–Crippen MR) is 113 cm³/mol. The molecule has 0 aliphatic carbocycles. The first-order valence-electron chi connectivity index (χ1n) is 9.32. The summed E-state index contributed by atoms with van der Waals surface area (Å²) in [6, 6.07) is 24.8. The van der Waals surface area contributed by atoms with Crippen molar-refractivity contribution in [1.29, 1.82) is 0 Å².